The molecule has 0 radical (unpaired) electrons. The minimum Gasteiger partial charge on any atom is -0.481 e. The number of hydrogen-bond donors (Lipinski definition) is 2. The highest BCUT2D eigenvalue weighted by molar-refractivity contribution is 14.1. The highest BCUT2D eigenvalue weighted by Gasteiger charge is 2.48. The molecule has 1 aliphatic heterocycles. The SMILES string of the molecule is CCCC[C@@H](F)[C@H](O)/C=C/[C@@H]1[C@H]2C[C@@H]([C@@H](I)CCCC(=O)O)O[C@H]2C[C@H]1C. The number of allylic oxidation sites excluding steroid dienone is 1. The fraction of sp³-hybridized carbons (Fsp3) is 0.857. The van der Waals surface area contributed by atoms with Crippen molar-refractivity contribution in [3.8, 4) is 0 Å². The smallest absolute Gasteiger partial charge is 0.303 e. The Labute approximate surface area is 176 Å². The molecule has 0 unspecified atom stereocenters. The van der Waals surface area contributed by atoms with Crippen LogP contribution < -0.4 is 0 Å². The zero-order valence-electron chi connectivity index (χ0n) is 16.4. The van der Waals surface area contributed by atoms with Gasteiger partial charge in [-0.05, 0) is 49.9 Å². The number of halogens is 2. The molecule has 0 bridgehead atoms. The summed E-state index contributed by atoms with van der Waals surface area (Å²) in [5, 5.41) is 18.9. The molecule has 2 fully saturated rings. The number of carboxylic acids is 1. The third kappa shape index (κ3) is 6.67. The lowest BCUT2D eigenvalue weighted by atomic mass is 9.86. The number of ether oxygens (including phenoxy) is 1. The van der Waals surface area contributed by atoms with E-state index in [2.05, 4.69) is 29.5 Å². The van der Waals surface area contributed by atoms with E-state index in [-0.39, 0.29) is 18.6 Å². The van der Waals surface area contributed by atoms with Crippen LogP contribution in [0, 0.1) is 17.8 Å². The van der Waals surface area contributed by atoms with Gasteiger partial charge in [0, 0.05) is 10.3 Å². The van der Waals surface area contributed by atoms with E-state index in [0.717, 1.165) is 32.1 Å². The van der Waals surface area contributed by atoms with Gasteiger partial charge in [0.1, 0.15) is 12.3 Å². The van der Waals surface area contributed by atoms with Crippen molar-refractivity contribution in [1.29, 1.82) is 0 Å². The van der Waals surface area contributed by atoms with Crippen molar-refractivity contribution in [2.75, 3.05) is 0 Å². The predicted molar refractivity (Wildman–Crippen MR) is 113 cm³/mol. The second kappa shape index (κ2) is 11.1. The molecule has 2 N–H and O–H groups in total. The number of carbonyl (C=O) groups is 1. The van der Waals surface area contributed by atoms with E-state index < -0.39 is 18.2 Å². The molecule has 6 heteroatoms. The Balaban J connectivity index is 1.86. The van der Waals surface area contributed by atoms with Crippen molar-refractivity contribution >= 4 is 28.6 Å². The molecule has 0 spiro atoms. The van der Waals surface area contributed by atoms with E-state index >= 15 is 0 Å². The Bertz CT molecular complexity index is 501. The van der Waals surface area contributed by atoms with Gasteiger partial charge in [0.25, 0.3) is 0 Å². The minimum absolute atomic E-state index is 0.168. The van der Waals surface area contributed by atoms with Crippen LogP contribution >= 0.6 is 22.6 Å². The summed E-state index contributed by atoms with van der Waals surface area (Å²) in [6.45, 7) is 4.23. The summed E-state index contributed by atoms with van der Waals surface area (Å²) in [5.41, 5.74) is 0. The van der Waals surface area contributed by atoms with Gasteiger partial charge < -0.3 is 14.9 Å². The van der Waals surface area contributed by atoms with Crippen LogP contribution in [0.4, 0.5) is 4.39 Å². The maximum Gasteiger partial charge on any atom is 0.303 e. The number of carboxylic acid groups (broad SMARTS) is 1. The van der Waals surface area contributed by atoms with Crippen LogP contribution in [-0.4, -0.2) is 44.6 Å². The highest BCUT2D eigenvalue weighted by atomic mass is 127. The molecule has 2 rings (SSSR count). The van der Waals surface area contributed by atoms with Gasteiger partial charge in [-0.15, -0.1) is 0 Å². The summed E-state index contributed by atoms with van der Waals surface area (Å²) < 4.78 is 20.6. The first-order valence-electron chi connectivity index (χ1n) is 10.3. The molecular formula is C21H34FIO4. The highest BCUT2D eigenvalue weighted by Crippen LogP contribution is 2.48. The standard InChI is InChI=1S/C21H34FIO4/c1-3-4-6-16(22)18(24)10-9-14-13(2)11-19-15(14)12-20(27-19)17(23)7-5-8-21(25)26/h9-10,13-20,24H,3-8,11-12H2,1-2H3,(H,25,26)/b10-9+/t13-,14+,15-,16-,17+,18-,19+,20+/m1/s1. The Hall–Kier alpha value is -0.210. The summed E-state index contributed by atoms with van der Waals surface area (Å²) >= 11 is 2.39. The summed E-state index contributed by atoms with van der Waals surface area (Å²) in [4.78, 5) is 10.7. The summed E-state index contributed by atoms with van der Waals surface area (Å²) in [6, 6.07) is 0. The van der Waals surface area contributed by atoms with E-state index in [4.69, 9.17) is 9.84 Å². The number of aliphatic hydroxyl groups is 1. The second-order valence-corrected chi connectivity index (χ2v) is 9.84. The van der Waals surface area contributed by atoms with Gasteiger partial charge in [-0.2, -0.15) is 0 Å². The molecule has 4 nitrogen and oxygen atoms in total. The van der Waals surface area contributed by atoms with E-state index in [0.29, 0.717) is 34.5 Å². The zero-order chi connectivity index (χ0) is 20.0. The lowest BCUT2D eigenvalue weighted by Crippen LogP contribution is -2.23. The van der Waals surface area contributed by atoms with Crippen molar-refractivity contribution in [3.63, 3.8) is 0 Å². The van der Waals surface area contributed by atoms with Crippen LogP contribution in [0.5, 0.6) is 0 Å². The fourth-order valence-corrected chi connectivity index (χ4v) is 5.42. The molecule has 1 saturated heterocycles. The molecule has 1 aliphatic carbocycles. The molecule has 2 aliphatic rings. The summed E-state index contributed by atoms with van der Waals surface area (Å²) in [7, 11) is 0. The van der Waals surface area contributed by atoms with Gasteiger partial charge in [0.2, 0.25) is 0 Å². The molecule has 0 aromatic rings. The topological polar surface area (TPSA) is 66.8 Å². The monoisotopic (exact) mass is 496 g/mol. The maximum absolute atomic E-state index is 14.0. The van der Waals surface area contributed by atoms with E-state index in [1.807, 2.05) is 13.0 Å². The van der Waals surface area contributed by atoms with Gasteiger partial charge in [0.05, 0.1) is 12.2 Å². The zero-order valence-corrected chi connectivity index (χ0v) is 18.6. The average molecular weight is 496 g/mol. The van der Waals surface area contributed by atoms with Crippen molar-refractivity contribution in [1.82, 2.24) is 0 Å². The first kappa shape index (κ1) is 23.1. The fourth-order valence-electron chi connectivity index (χ4n) is 4.51. The predicted octanol–water partition coefficient (Wildman–Crippen LogP) is 4.92. The second-order valence-electron chi connectivity index (χ2n) is 8.24. The first-order chi connectivity index (χ1) is 12.8. The Morgan fingerprint density at radius 3 is 2.74 bits per heavy atom. The first-order valence-corrected chi connectivity index (χ1v) is 11.6. The average Bonchev–Trinajstić information content (AvgIpc) is 3.14. The van der Waals surface area contributed by atoms with Crippen LogP contribution in [0.1, 0.15) is 65.2 Å². The maximum atomic E-state index is 14.0. The molecule has 27 heavy (non-hydrogen) atoms. The van der Waals surface area contributed by atoms with Crippen LogP contribution in [0.15, 0.2) is 12.2 Å². The van der Waals surface area contributed by atoms with Crippen molar-refractivity contribution in [3.05, 3.63) is 12.2 Å². The van der Waals surface area contributed by atoms with Gasteiger partial charge in [-0.25, -0.2) is 4.39 Å². The minimum atomic E-state index is -1.19. The molecule has 1 saturated carbocycles. The van der Waals surface area contributed by atoms with E-state index in [1.165, 1.54) is 0 Å². The Morgan fingerprint density at radius 1 is 1.33 bits per heavy atom. The van der Waals surface area contributed by atoms with Crippen LogP contribution in [-0.2, 0) is 9.53 Å². The number of alkyl halides is 2. The summed E-state index contributed by atoms with van der Waals surface area (Å²) in [5.74, 6) is 0.456. The number of aliphatic carboxylic acids is 1. The molecule has 0 amide bonds. The normalized spacial score (nSPS) is 33.9. The summed E-state index contributed by atoms with van der Waals surface area (Å²) in [6.07, 6.45) is 7.73. The number of rotatable bonds is 11. The van der Waals surface area contributed by atoms with Crippen LogP contribution in [0.3, 0.4) is 0 Å². The lowest BCUT2D eigenvalue weighted by molar-refractivity contribution is -0.137. The van der Waals surface area contributed by atoms with Crippen molar-refractivity contribution in [2.24, 2.45) is 17.8 Å². The largest absolute Gasteiger partial charge is 0.481 e. The number of unbranched alkanes of at least 4 members (excludes halogenated alkanes) is 1. The van der Waals surface area contributed by atoms with Crippen LogP contribution in [0.2, 0.25) is 0 Å². The third-order valence-corrected chi connectivity index (χ3v) is 7.52. The molecular weight excluding hydrogens is 462 g/mol. The van der Waals surface area contributed by atoms with Gasteiger partial charge >= 0.3 is 5.97 Å². The lowest BCUT2D eigenvalue weighted by Gasteiger charge is -2.21. The quantitative estimate of drug-likeness (QED) is 0.242. The Kier molecular flexibility index (Phi) is 9.48. The molecule has 8 atom stereocenters. The van der Waals surface area contributed by atoms with E-state index in [1.54, 1.807) is 6.08 Å². The van der Waals surface area contributed by atoms with Crippen molar-refractivity contribution in [2.45, 2.75) is 93.6 Å². The number of aliphatic hydroxyl groups excluding tert-OH is 1. The molecule has 156 valence electrons. The van der Waals surface area contributed by atoms with Gasteiger partial charge in [0.15, 0.2) is 0 Å². The van der Waals surface area contributed by atoms with E-state index in [9.17, 15) is 14.3 Å². The van der Waals surface area contributed by atoms with Gasteiger partial charge in [-0.3, -0.25) is 4.79 Å². The third-order valence-electron chi connectivity index (χ3n) is 6.10. The molecule has 1 heterocycles. The van der Waals surface area contributed by atoms with Gasteiger partial charge in [-0.1, -0.05) is 61.4 Å². The number of hydrogen-bond acceptors (Lipinski definition) is 3. The van der Waals surface area contributed by atoms with Crippen LogP contribution in [0.25, 0.3) is 0 Å². The molecule has 0 aromatic carbocycles. The molecule has 0 aromatic heterocycles. The van der Waals surface area contributed by atoms with Crippen molar-refractivity contribution < 1.29 is 24.1 Å². The Morgan fingerprint density at radius 2 is 2.07 bits per heavy atom. The number of fused-ring (bicyclic) bond motifs is 1.